The van der Waals surface area contributed by atoms with Gasteiger partial charge in [-0.2, -0.15) is 0 Å². The minimum atomic E-state index is 0.582. The van der Waals surface area contributed by atoms with E-state index < -0.39 is 0 Å². The molecule has 2 aliphatic rings. The van der Waals surface area contributed by atoms with Crippen LogP contribution in [0.25, 0.3) is 0 Å². The molecule has 0 bridgehead atoms. The van der Waals surface area contributed by atoms with E-state index in [1.54, 1.807) is 0 Å². The number of hydrogen-bond donors (Lipinski definition) is 1. The quantitative estimate of drug-likeness (QED) is 0.701. The minimum Gasteiger partial charge on any atom is -0.378 e. The molecule has 1 saturated carbocycles. The first-order valence-corrected chi connectivity index (χ1v) is 6.27. The number of rotatable bonds is 3. The lowest BCUT2D eigenvalue weighted by atomic mass is 10.1. The molecule has 1 aliphatic carbocycles. The van der Waals surface area contributed by atoms with Gasteiger partial charge in [0.05, 0.1) is 12.7 Å². The van der Waals surface area contributed by atoms with E-state index in [1.807, 2.05) is 0 Å². The topological polar surface area (TPSA) is 21.3 Å². The highest BCUT2D eigenvalue weighted by molar-refractivity contribution is 4.72. The third kappa shape index (κ3) is 3.25. The van der Waals surface area contributed by atoms with Gasteiger partial charge >= 0.3 is 0 Å². The van der Waals surface area contributed by atoms with E-state index in [4.69, 9.17) is 4.74 Å². The van der Waals surface area contributed by atoms with E-state index >= 15 is 0 Å². The molecule has 0 aromatic heterocycles. The maximum absolute atomic E-state index is 6.01. The van der Waals surface area contributed by atoms with Crippen LogP contribution in [0.5, 0.6) is 0 Å². The second kappa shape index (κ2) is 5.72. The molecule has 0 amide bonds. The van der Waals surface area contributed by atoms with Crippen molar-refractivity contribution in [2.45, 2.75) is 51.0 Å². The van der Waals surface area contributed by atoms with Crippen molar-refractivity contribution in [2.75, 3.05) is 19.7 Å². The summed E-state index contributed by atoms with van der Waals surface area (Å²) in [5.74, 6) is 0.790. The van der Waals surface area contributed by atoms with Gasteiger partial charge in [0.25, 0.3) is 0 Å². The zero-order chi connectivity index (χ0) is 9.64. The van der Waals surface area contributed by atoms with Crippen LogP contribution >= 0.6 is 0 Å². The lowest BCUT2D eigenvalue weighted by Gasteiger charge is -2.17. The molecule has 1 aliphatic heterocycles. The Morgan fingerprint density at radius 2 is 1.79 bits per heavy atom. The molecular formula is C12H23NO. The first kappa shape index (κ1) is 10.4. The van der Waals surface area contributed by atoms with Gasteiger partial charge in [0, 0.05) is 6.54 Å². The summed E-state index contributed by atoms with van der Waals surface area (Å²) in [5, 5.41) is 3.39. The molecule has 1 heterocycles. The number of hydrogen-bond acceptors (Lipinski definition) is 2. The second-order valence-corrected chi connectivity index (χ2v) is 4.81. The van der Waals surface area contributed by atoms with Crippen LogP contribution in [0.15, 0.2) is 0 Å². The molecule has 2 heteroatoms. The summed E-state index contributed by atoms with van der Waals surface area (Å²) in [6, 6.07) is 0. The van der Waals surface area contributed by atoms with E-state index in [1.165, 1.54) is 58.0 Å². The van der Waals surface area contributed by atoms with Gasteiger partial charge in [0.1, 0.15) is 0 Å². The standard InChI is InChI=1S/C12H23NO/c1-2-4-6-12(5-3-1)14-10-11-7-8-13-9-11/h11-13H,1-10H2. The van der Waals surface area contributed by atoms with Crippen LogP contribution in [0.1, 0.15) is 44.9 Å². The Kier molecular flexibility index (Phi) is 4.26. The zero-order valence-electron chi connectivity index (χ0n) is 9.13. The highest BCUT2D eigenvalue weighted by atomic mass is 16.5. The first-order valence-electron chi connectivity index (χ1n) is 6.27. The Morgan fingerprint density at radius 1 is 1.00 bits per heavy atom. The molecule has 0 radical (unpaired) electrons. The van der Waals surface area contributed by atoms with Crippen LogP contribution < -0.4 is 5.32 Å². The summed E-state index contributed by atoms with van der Waals surface area (Å²) in [6.45, 7) is 3.36. The SMILES string of the molecule is C1CCCC(OCC2CCNC2)CC1. The van der Waals surface area contributed by atoms with Gasteiger partial charge in [0.15, 0.2) is 0 Å². The average molecular weight is 197 g/mol. The third-order valence-electron chi connectivity index (χ3n) is 3.53. The van der Waals surface area contributed by atoms with Crippen molar-refractivity contribution in [1.29, 1.82) is 0 Å². The van der Waals surface area contributed by atoms with E-state index in [0.717, 1.165) is 12.5 Å². The number of nitrogens with one attached hydrogen (secondary N) is 1. The van der Waals surface area contributed by atoms with Crippen molar-refractivity contribution in [3.63, 3.8) is 0 Å². The fourth-order valence-corrected chi connectivity index (χ4v) is 2.54. The average Bonchev–Trinajstić information content (AvgIpc) is 2.58. The molecule has 0 aromatic rings. The van der Waals surface area contributed by atoms with E-state index in [-0.39, 0.29) is 0 Å². The largest absolute Gasteiger partial charge is 0.378 e. The molecule has 0 aromatic carbocycles. The minimum absolute atomic E-state index is 0.582. The molecule has 2 rings (SSSR count). The maximum atomic E-state index is 6.01. The highest BCUT2D eigenvalue weighted by Gasteiger charge is 2.18. The molecular weight excluding hydrogens is 174 g/mol. The number of ether oxygens (including phenoxy) is 1. The van der Waals surface area contributed by atoms with Crippen molar-refractivity contribution >= 4 is 0 Å². The van der Waals surface area contributed by atoms with Gasteiger partial charge in [-0.05, 0) is 31.7 Å². The van der Waals surface area contributed by atoms with Crippen LogP contribution in [0, 0.1) is 5.92 Å². The zero-order valence-corrected chi connectivity index (χ0v) is 9.13. The third-order valence-corrected chi connectivity index (χ3v) is 3.53. The molecule has 82 valence electrons. The van der Waals surface area contributed by atoms with Crippen LogP contribution in [0.4, 0.5) is 0 Å². The van der Waals surface area contributed by atoms with Crippen molar-refractivity contribution in [3.05, 3.63) is 0 Å². The molecule has 1 atom stereocenters. The summed E-state index contributed by atoms with van der Waals surface area (Å²) in [4.78, 5) is 0. The summed E-state index contributed by atoms with van der Waals surface area (Å²) in [5.41, 5.74) is 0. The van der Waals surface area contributed by atoms with Crippen LogP contribution in [-0.4, -0.2) is 25.8 Å². The van der Waals surface area contributed by atoms with Crippen molar-refractivity contribution in [2.24, 2.45) is 5.92 Å². The van der Waals surface area contributed by atoms with Crippen molar-refractivity contribution in [1.82, 2.24) is 5.32 Å². The molecule has 2 nitrogen and oxygen atoms in total. The Hall–Kier alpha value is -0.0800. The van der Waals surface area contributed by atoms with E-state index in [2.05, 4.69) is 5.32 Å². The smallest absolute Gasteiger partial charge is 0.0575 e. The van der Waals surface area contributed by atoms with Gasteiger partial charge in [-0.15, -0.1) is 0 Å². The summed E-state index contributed by atoms with van der Waals surface area (Å²) >= 11 is 0. The molecule has 14 heavy (non-hydrogen) atoms. The second-order valence-electron chi connectivity index (χ2n) is 4.81. The Labute approximate surface area is 87.4 Å². The van der Waals surface area contributed by atoms with Gasteiger partial charge < -0.3 is 10.1 Å². The summed E-state index contributed by atoms with van der Waals surface area (Å²) in [6.07, 6.45) is 10.1. The van der Waals surface area contributed by atoms with Gasteiger partial charge in [-0.3, -0.25) is 0 Å². The molecule has 1 N–H and O–H groups in total. The fraction of sp³-hybridized carbons (Fsp3) is 1.00. The Morgan fingerprint density at radius 3 is 2.43 bits per heavy atom. The Bertz CT molecular complexity index is 146. The fourth-order valence-electron chi connectivity index (χ4n) is 2.54. The first-order chi connectivity index (χ1) is 6.95. The van der Waals surface area contributed by atoms with E-state index in [0.29, 0.717) is 6.10 Å². The van der Waals surface area contributed by atoms with Crippen LogP contribution in [-0.2, 0) is 4.74 Å². The van der Waals surface area contributed by atoms with E-state index in [9.17, 15) is 0 Å². The highest BCUT2D eigenvalue weighted by Crippen LogP contribution is 2.21. The summed E-state index contributed by atoms with van der Waals surface area (Å²) < 4.78 is 6.01. The van der Waals surface area contributed by atoms with Gasteiger partial charge in [0.2, 0.25) is 0 Å². The molecule has 1 unspecified atom stereocenters. The van der Waals surface area contributed by atoms with Gasteiger partial charge in [-0.1, -0.05) is 25.7 Å². The lowest BCUT2D eigenvalue weighted by Crippen LogP contribution is -2.19. The van der Waals surface area contributed by atoms with Gasteiger partial charge in [-0.25, -0.2) is 0 Å². The summed E-state index contributed by atoms with van der Waals surface area (Å²) in [7, 11) is 0. The lowest BCUT2D eigenvalue weighted by molar-refractivity contribution is 0.0240. The van der Waals surface area contributed by atoms with Crippen molar-refractivity contribution in [3.8, 4) is 0 Å². The maximum Gasteiger partial charge on any atom is 0.0575 e. The predicted molar refractivity (Wildman–Crippen MR) is 58.4 cm³/mol. The van der Waals surface area contributed by atoms with Crippen molar-refractivity contribution < 1.29 is 4.74 Å². The molecule has 2 fully saturated rings. The molecule has 0 spiro atoms. The predicted octanol–water partition coefficient (Wildman–Crippen LogP) is 2.34. The van der Waals surface area contributed by atoms with Crippen LogP contribution in [0.3, 0.4) is 0 Å². The molecule has 1 saturated heterocycles. The van der Waals surface area contributed by atoms with Crippen LogP contribution in [0.2, 0.25) is 0 Å². The monoisotopic (exact) mass is 197 g/mol. The normalized spacial score (nSPS) is 30.4. The Balaban J connectivity index is 1.62.